The number of likely N-dealkylation sites (tertiary alicyclic amines) is 1. The van der Waals surface area contributed by atoms with Gasteiger partial charge in [-0.3, -0.25) is 9.78 Å². The molecule has 110 valence electrons. The molecule has 0 spiro atoms. The van der Waals surface area contributed by atoms with E-state index in [1.165, 1.54) is 0 Å². The van der Waals surface area contributed by atoms with Gasteiger partial charge in [0, 0.05) is 38.0 Å². The number of amides is 1. The Morgan fingerprint density at radius 3 is 2.65 bits per heavy atom. The minimum absolute atomic E-state index is 0.197. The molecule has 0 bridgehead atoms. The van der Waals surface area contributed by atoms with Gasteiger partial charge in [-0.25, -0.2) is 0 Å². The summed E-state index contributed by atoms with van der Waals surface area (Å²) in [6, 6.07) is 3.91. The molecule has 20 heavy (non-hydrogen) atoms. The molecule has 1 fully saturated rings. The Balaban J connectivity index is 1.79. The molecule has 1 amide bonds. The predicted molar refractivity (Wildman–Crippen MR) is 78.7 cm³/mol. The Labute approximate surface area is 121 Å². The van der Waals surface area contributed by atoms with Gasteiger partial charge in [0.15, 0.2) is 0 Å². The number of rotatable bonds is 4. The van der Waals surface area contributed by atoms with E-state index in [1.807, 2.05) is 24.0 Å². The lowest BCUT2D eigenvalue weighted by Gasteiger charge is -2.32. The molecule has 0 saturated carbocycles. The van der Waals surface area contributed by atoms with Crippen LogP contribution in [0.25, 0.3) is 0 Å². The molecular weight excluding hydrogens is 252 g/mol. The smallest absolute Gasteiger partial charge is 0.222 e. The zero-order valence-electron chi connectivity index (χ0n) is 12.6. The summed E-state index contributed by atoms with van der Waals surface area (Å²) in [5.74, 6) is 1.52. The number of aromatic nitrogens is 1. The van der Waals surface area contributed by atoms with Gasteiger partial charge in [0.25, 0.3) is 0 Å². The van der Waals surface area contributed by atoms with Crippen LogP contribution in [0.2, 0.25) is 0 Å². The van der Waals surface area contributed by atoms with E-state index in [1.54, 1.807) is 6.20 Å². The first kappa shape index (κ1) is 14.8. The van der Waals surface area contributed by atoms with Crippen molar-refractivity contribution < 1.29 is 9.53 Å². The minimum atomic E-state index is 0.197. The fraction of sp³-hybridized carbons (Fsp3) is 0.625. The Morgan fingerprint density at radius 1 is 1.40 bits per heavy atom. The fourth-order valence-electron chi connectivity index (χ4n) is 2.42. The van der Waals surface area contributed by atoms with Gasteiger partial charge in [-0.15, -0.1) is 0 Å². The zero-order chi connectivity index (χ0) is 14.5. The summed E-state index contributed by atoms with van der Waals surface area (Å²) < 4.78 is 5.92. The van der Waals surface area contributed by atoms with Gasteiger partial charge >= 0.3 is 0 Å². The molecule has 4 nitrogen and oxygen atoms in total. The Kier molecular flexibility index (Phi) is 4.99. The van der Waals surface area contributed by atoms with E-state index in [-0.39, 0.29) is 12.0 Å². The highest BCUT2D eigenvalue weighted by Crippen LogP contribution is 2.19. The van der Waals surface area contributed by atoms with Crippen LogP contribution >= 0.6 is 0 Å². The quantitative estimate of drug-likeness (QED) is 0.849. The summed E-state index contributed by atoms with van der Waals surface area (Å²) >= 11 is 0. The largest absolute Gasteiger partial charge is 0.489 e. The molecule has 4 heteroatoms. The van der Waals surface area contributed by atoms with Crippen molar-refractivity contribution in [3.63, 3.8) is 0 Å². The first-order valence-corrected chi connectivity index (χ1v) is 7.41. The van der Waals surface area contributed by atoms with Crippen LogP contribution in [0.1, 0.15) is 38.8 Å². The maximum absolute atomic E-state index is 12.0. The van der Waals surface area contributed by atoms with E-state index >= 15 is 0 Å². The molecule has 0 radical (unpaired) electrons. The second-order valence-electron chi connectivity index (χ2n) is 5.93. The van der Waals surface area contributed by atoms with Crippen molar-refractivity contribution in [2.24, 2.45) is 5.92 Å². The molecule has 1 aromatic heterocycles. The van der Waals surface area contributed by atoms with Crippen LogP contribution < -0.4 is 4.74 Å². The SMILES string of the molecule is Cc1ccc(OC2CCN(C(=O)CC(C)C)CC2)cn1. The molecular formula is C16H24N2O2. The first-order valence-electron chi connectivity index (χ1n) is 7.41. The third-order valence-electron chi connectivity index (χ3n) is 3.56. The molecule has 0 atom stereocenters. The number of hydrogen-bond acceptors (Lipinski definition) is 3. The average Bonchev–Trinajstić information content (AvgIpc) is 2.41. The van der Waals surface area contributed by atoms with Crippen molar-refractivity contribution in [1.29, 1.82) is 0 Å². The number of carbonyl (C=O) groups is 1. The van der Waals surface area contributed by atoms with Crippen LogP contribution in [0.4, 0.5) is 0 Å². The van der Waals surface area contributed by atoms with E-state index < -0.39 is 0 Å². The summed E-state index contributed by atoms with van der Waals surface area (Å²) in [5.41, 5.74) is 0.992. The zero-order valence-corrected chi connectivity index (χ0v) is 12.6. The molecule has 0 aromatic carbocycles. The third-order valence-corrected chi connectivity index (χ3v) is 3.56. The fourth-order valence-corrected chi connectivity index (χ4v) is 2.42. The lowest BCUT2D eigenvalue weighted by atomic mass is 10.1. The number of aryl methyl sites for hydroxylation is 1. The molecule has 1 aromatic rings. The lowest BCUT2D eigenvalue weighted by molar-refractivity contribution is -0.133. The van der Waals surface area contributed by atoms with Gasteiger partial charge in [0.2, 0.25) is 5.91 Å². The Bertz CT molecular complexity index is 434. The van der Waals surface area contributed by atoms with Crippen LogP contribution in [0.3, 0.4) is 0 Å². The van der Waals surface area contributed by atoms with Crippen LogP contribution in [-0.2, 0) is 4.79 Å². The lowest BCUT2D eigenvalue weighted by Crippen LogP contribution is -2.42. The summed E-state index contributed by atoms with van der Waals surface area (Å²) in [6.07, 6.45) is 4.41. The van der Waals surface area contributed by atoms with Crippen LogP contribution in [-0.4, -0.2) is 35.0 Å². The van der Waals surface area contributed by atoms with Gasteiger partial charge < -0.3 is 9.64 Å². The second kappa shape index (κ2) is 6.73. The van der Waals surface area contributed by atoms with E-state index in [4.69, 9.17) is 4.74 Å². The van der Waals surface area contributed by atoms with Crippen molar-refractivity contribution in [1.82, 2.24) is 9.88 Å². The summed E-state index contributed by atoms with van der Waals surface area (Å²) in [7, 11) is 0. The van der Waals surface area contributed by atoms with Crippen molar-refractivity contribution >= 4 is 5.91 Å². The highest BCUT2D eigenvalue weighted by molar-refractivity contribution is 5.76. The van der Waals surface area contributed by atoms with Gasteiger partial charge in [0.05, 0.1) is 6.20 Å². The minimum Gasteiger partial charge on any atom is -0.489 e. The van der Waals surface area contributed by atoms with Gasteiger partial charge in [0.1, 0.15) is 11.9 Å². The van der Waals surface area contributed by atoms with Gasteiger partial charge in [-0.2, -0.15) is 0 Å². The van der Waals surface area contributed by atoms with E-state index in [0.717, 1.165) is 37.4 Å². The number of nitrogens with zero attached hydrogens (tertiary/aromatic N) is 2. The summed E-state index contributed by atoms with van der Waals surface area (Å²) in [6.45, 7) is 7.73. The number of pyridine rings is 1. The van der Waals surface area contributed by atoms with Crippen LogP contribution in [0.15, 0.2) is 18.3 Å². The maximum Gasteiger partial charge on any atom is 0.222 e. The molecule has 0 aliphatic carbocycles. The number of carbonyl (C=O) groups excluding carboxylic acids is 1. The average molecular weight is 276 g/mol. The second-order valence-corrected chi connectivity index (χ2v) is 5.93. The predicted octanol–water partition coefficient (Wildman–Crippen LogP) is 2.81. The van der Waals surface area contributed by atoms with Crippen molar-refractivity contribution in [2.45, 2.75) is 46.1 Å². The Morgan fingerprint density at radius 2 is 2.10 bits per heavy atom. The molecule has 2 rings (SSSR count). The summed E-state index contributed by atoms with van der Waals surface area (Å²) in [4.78, 5) is 18.2. The maximum atomic E-state index is 12.0. The normalized spacial score (nSPS) is 16.5. The third kappa shape index (κ3) is 4.22. The van der Waals surface area contributed by atoms with Gasteiger partial charge in [-0.1, -0.05) is 13.8 Å². The molecule has 0 N–H and O–H groups in total. The van der Waals surface area contributed by atoms with Crippen molar-refractivity contribution in [3.05, 3.63) is 24.0 Å². The summed E-state index contributed by atoms with van der Waals surface area (Å²) in [5, 5.41) is 0. The van der Waals surface area contributed by atoms with Crippen LogP contribution in [0.5, 0.6) is 5.75 Å². The molecule has 1 saturated heterocycles. The molecule has 0 unspecified atom stereocenters. The van der Waals surface area contributed by atoms with E-state index in [2.05, 4.69) is 18.8 Å². The van der Waals surface area contributed by atoms with E-state index in [0.29, 0.717) is 12.3 Å². The molecule has 1 aliphatic heterocycles. The first-order chi connectivity index (χ1) is 9.54. The standard InChI is InChI=1S/C16H24N2O2/c1-12(2)10-16(19)18-8-6-14(7-9-18)20-15-5-4-13(3)17-11-15/h4-5,11-12,14H,6-10H2,1-3H3. The number of ether oxygens (including phenoxy) is 1. The van der Waals surface area contributed by atoms with Crippen LogP contribution in [0, 0.1) is 12.8 Å². The highest BCUT2D eigenvalue weighted by atomic mass is 16.5. The Hall–Kier alpha value is -1.58. The topological polar surface area (TPSA) is 42.4 Å². The van der Waals surface area contributed by atoms with Crippen molar-refractivity contribution in [2.75, 3.05) is 13.1 Å². The van der Waals surface area contributed by atoms with Crippen molar-refractivity contribution in [3.8, 4) is 5.75 Å². The number of piperidine rings is 1. The van der Waals surface area contributed by atoms with E-state index in [9.17, 15) is 4.79 Å². The number of hydrogen-bond donors (Lipinski definition) is 0. The monoisotopic (exact) mass is 276 g/mol. The van der Waals surface area contributed by atoms with Gasteiger partial charge in [-0.05, 0) is 25.0 Å². The molecule has 1 aliphatic rings. The molecule has 2 heterocycles. The highest BCUT2D eigenvalue weighted by Gasteiger charge is 2.24.